The molecule has 9 nitrogen and oxygen atoms in total. The number of aromatic nitrogens is 3. The van der Waals surface area contributed by atoms with Gasteiger partial charge in [0.25, 0.3) is 0 Å². The van der Waals surface area contributed by atoms with E-state index >= 15 is 0 Å². The number of nitriles is 1. The highest BCUT2D eigenvalue weighted by molar-refractivity contribution is 5.96. The molecule has 2 heterocycles. The molecule has 2 atom stereocenters. The summed E-state index contributed by atoms with van der Waals surface area (Å²) in [5, 5.41) is 10.0. The molecular weight excluding hydrogens is 420 g/mol. The second-order valence-corrected chi connectivity index (χ2v) is 7.95. The first-order valence-corrected chi connectivity index (χ1v) is 10.4. The van der Waals surface area contributed by atoms with Crippen LogP contribution >= 0.6 is 0 Å². The van der Waals surface area contributed by atoms with Crippen LogP contribution in [0.5, 0.6) is 5.75 Å². The number of methoxy groups -OCH3 is 1. The molecule has 1 saturated carbocycles. The Morgan fingerprint density at radius 2 is 2.03 bits per heavy atom. The molecule has 3 aromatic rings. The van der Waals surface area contributed by atoms with Gasteiger partial charge in [-0.3, -0.25) is 4.79 Å². The molecule has 4 rings (SSSR count). The van der Waals surface area contributed by atoms with Crippen molar-refractivity contribution in [3.8, 4) is 11.8 Å². The molecule has 9 heteroatoms. The topological polar surface area (TPSA) is 127 Å². The zero-order valence-corrected chi connectivity index (χ0v) is 18.4. The summed E-state index contributed by atoms with van der Waals surface area (Å²) in [6, 6.07) is 14.9. The summed E-state index contributed by atoms with van der Waals surface area (Å²) in [6.45, 7) is 2.35. The minimum absolute atomic E-state index is 0.255. The van der Waals surface area contributed by atoms with Crippen molar-refractivity contribution in [2.75, 3.05) is 18.7 Å². The van der Waals surface area contributed by atoms with E-state index in [1.807, 2.05) is 36.4 Å². The lowest BCUT2D eigenvalue weighted by atomic mass is 9.93. The predicted molar refractivity (Wildman–Crippen MR) is 120 cm³/mol. The van der Waals surface area contributed by atoms with Gasteiger partial charge in [-0.2, -0.15) is 5.26 Å². The third-order valence-corrected chi connectivity index (χ3v) is 5.80. The Bertz CT molecular complexity index is 1180. The first-order chi connectivity index (χ1) is 16.0. The van der Waals surface area contributed by atoms with Crippen molar-refractivity contribution in [2.24, 2.45) is 11.8 Å². The molecule has 2 N–H and O–H groups in total. The number of carbonyl (C=O) groups is 1. The Morgan fingerprint density at radius 1 is 1.24 bits per heavy atom. The molecule has 0 saturated heterocycles. The molecule has 0 aliphatic heterocycles. The number of hydrazine groups is 1. The Morgan fingerprint density at radius 3 is 2.70 bits per heavy atom. The number of pyridine rings is 1. The van der Waals surface area contributed by atoms with Crippen LogP contribution in [0.15, 0.2) is 54.9 Å². The van der Waals surface area contributed by atoms with Crippen LogP contribution in [0.3, 0.4) is 0 Å². The summed E-state index contributed by atoms with van der Waals surface area (Å²) in [5.74, 6) is 6.89. The molecule has 168 valence electrons. The second kappa shape index (κ2) is 9.32. The normalized spacial score (nSPS) is 18.9. The van der Waals surface area contributed by atoms with Crippen LogP contribution in [0, 0.1) is 24.2 Å². The Labute approximate surface area is 191 Å². The number of nitrogens with two attached hydrogens (primary N) is 1. The highest BCUT2D eigenvalue weighted by Gasteiger charge is 2.61. The Hall–Kier alpha value is -3.87. The summed E-state index contributed by atoms with van der Waals surface area (Å²) >= 11 is 0. The van der Waals surface area contributed by atoms with Crippen molar-refractivity contribution in [3.63, 3.8) is 0 Å². The molecule has 2 aromatic heterocycles. The largest absolute Gasteiger partial charge is 0.489 e. The van der Waals surface area contributed by atoms with Gasteiger partial charge in [0.05, 0.1) is 30.9 Å². The molecule has 0 spiro atoms. The average Bonchev–Trinajstić information content (AvgIpc) is 3.59. The molecule has 0 radical (unpaired) electrons. The molecule has 1 amide bonds. The van der Waals surface area contributed by atoms with Crippen molar-refractivity contribution in [2.45, 2.75) is 25.4 Å². The third-order valence-electron chi connectivity index (χ3n) is 5.80. The van der Waals surface area contributed by atoms with E-state index in [0.29, 0.717) is 35.9 Å². The summed E-state index contributed by atoms with van der Waals surface area (Å²) in [5.41, 5.74) is 1.49. The van der Waals surface area contributed by atoms with Crippen LogP contribution in [0.1, 0.15) is 29.1 Å². The highest BCUT2D eigenvalue weighted by Crippen LogP contribution is 2.55. The van der Waals surface area contributed by atoms with E-state index in [1.54, 1.807) is 32.4 Å². The fourth-order valence-corrected chi connectivity index (χ4v) is 3.91. The molecule has 1 aromatic carbocycles. The summed E-state index contributed by atoms with van der Waals surface area (Å²) < 4.78 is 11.4. The van der Waals surface area contributed by atoms with E-state index in [0.717, 1.165) is 10.6 Å². The smallest absolute Gasteiger partial charge is 0.246 e. The van der Waals surface area contributed by atoms with Crippen molar-refractivity contribution >= 4 is 11.7 Å². The van der Waals surface area contributed by atoms with Gasteiger partial charge in [-0.05, 0) is 31.0 Å². The maximum Gasteiger partial charge on any atom is 0.246 e. The van der Waals surface area contributed by atoms with Gasteiger partial charge in [-0.1, -0.05) is 30.3 Å². The number of anilines is 1. The van der Waals surface area contributed by atoms with Crippen LogP contribution in [0.4, 0.5) is 5.82 Å². The molecule has 1 aliphatic carbocycles. The summed E-state index contributed by atoms with van der Waals surface area (Å²) in [7, 11) is 1.59. The first-order valence-electron chi connectivity index (χ1n) is 10.4. The van der Waals surface area contributed by atoms with E-state index in [9.17, 15) is 4.79 Å². The summed E-state index contributed by atoms with van der Waals surface area (Å²) in [4.78, 5) is 26.0. The summed E-state index contributed by atoms with van der Waals surface area (Å²) in [6.07, 6.45) is 3.59. The van der Waals surface area contributed by atoms with Crippen molar-refractivity contribution in [3.05, 3.63) is 77.5 Å². The van der Waals surface area contributed by atoms with Crippen LogP contribution in [-0.4, -0.2) is 34.6 Å². The maximum atomic E-state index is 13.3. The predicted octanol–water partition coefficient (Wildman–Crippen LogP) is 2.44. The van der Waals surface area contributed by atoms with Gasteiger partial charge in [0.2, 0.25) is 5.91 Å². The van der Waals surface area contributed by atoms with Gasteiger partial charge in [0.1, 0.15) is 23.4 Å². The van der Waals surface area contributed by atoms with E-state index < -0.39 is 5.41 Å². The van der Waals surface area contributed by atoms with Crippen LogP contribution < -0.4 is 15.6 Å². The van der Waals surface area contributed by atoms with Gasteiger partial charge in [0, 0.05) is 18.7 Å². The number of rotatable bonds is 8. The number of carbonyl (C=O) groups excluding carboxylic acids is 1. The molecule has 0 bridgehead atoms. The van der Waals surface area contributed by atoms with Gasteiger partial charge in [0.15, 0.2) is 5.75 Å². The molecule has 33 heavy (non-hydrogen) atoms. The number of hydrogen-bond acceptors (Lipinski definition) is 8. The number of aryl methyl sites for hydroxylation is 1. The van der Waals surface area contributed by atoms with Gasteiger partial charge in [-0.25, -0.2) is 25.8 Å². The fraction of sp³-hybridized carbons (Fsp3) is 0.292. The van der Waals surface area contributed by atoms with E-state index in [4.69, 9.17) is 20.6 Å². The number of amides is 1. The van der Waals surface area contributed by atoms with Crippen LogP contribution in [0.2, 0.25) is 0 Å². The minimum Gasteiger partial charge on any atom is -0.489 e. The lowest BCUT2D eigenvalue weighted by Crippen LogP contribution is -2.41. The monoisotopic (exact) mass is 444 g/mol. The highest BCUT2D eigenvalue weighted by atomic mass is 16.5. The number of ether oxygens (including phenoxy) is 2. The zero-order valence-electron chi connectivity index (χ0n) is 18.4. The number of benzene rings is 1. The minimum atomic E-state index is -0.544. The quantitative estimate of drug-likeness (QED) is 0.319. The van der Waals surface area contributed by atoms with Crippen molar-refractivity contribution in [1.29, 1.82) is 5.26 Å². The number of hydrogen-bond donors (Lipinski definition) is 1. The zero-order chi connectivity index (χ0) is 23.4. The SMILES string of the molecule is COCc1nc(C)ncc1OC[C@@]1(c2ccccc2)C[C@H]1C(=O)N(N)c1ccc(C#N)cn1. The van der Waals surface area contributed by atoms with Crippen LogP contribution in [0.25, 0.3) is 0 Å². The van der Waals surface area contributed by atoms with Crippen LogP contribution in [-0.2, 0) is 21.6 Å². The van der Waals surface area contributed by atoms with Crippen molar-refractivity contribution < 1.29 is 14.3 Å². The third kappa shape index (κ3) is 4.53. The molecular formula is C24H24N6O3. The van der Waals surface area contributed by atoms with Gasteiger partial charge in [-0.15, -0.1) is 0 Å². The average molecular weight is 444 g/mol. The fourth-order valence-electron chi connectivity index (χ4n) is 3.91. The molecule has 0 unspecified atom stereocenters. The lowest BCUT2D eigenvalue weighted by Gasteiger charge is -2.22. The van der Waals surface area contributed by atoms with Crippen molar-refractivity contribution in [1.82, 2.24) is 15.0 Å². The second-order valence-electron chi connectivity index (χ2n) is 7.95. The Balaban J connectivity index is 1.57. The number of nitrogens with zero attached hydrogens (tertiary/aromatic N) is 5. The maximum absolute atomic E-state index is 13.3. The lowest BCUT2D eigenvalue weighted by molar-refractivity contribution is -0.120. The first kappa shape index (κ1) is 22.3. The van der Waals surface area contributed by atoms with Gasteiger partial charge < -0.3 is 9.47 Å². The molecule has 1 aliphatic rings. The molecule has 1 fully saturated rings. The standard InChI is InChI=1S/C24H24N6O3/c1-16-27-13-21(20(29-16)14-32-2)33-15-24(18-6-4-3-5-7-18)10-19(24)23(31)30(26)22-9-8-17(11-25)12-28-22/h3-9,12-13,19H,10,14-15,26H2,1-2H3/t19-,24+/m0/s1. The van der Waals surface area contributed by atoms with E-state index in [-0.39, 0.29) is 24.2 Å². The Kier molecular flexibility index (Phi) is 6.31. The van der Waals surface area contributed by atoms with E-state index in [2.05, 4.69) is 15.0 Å². The van der Waals surface area contributed by atoms with E-state index in [1.165, 1.54) is 6.20 Å². The van der Waals surface area contributed by atoms with Gasteiger partial charge >= 0.3 is 0 Å².